The minimum absolute atomic E-state index is 0.0788. The molecular formula is C13H22N2O2S. The summed E-state index contributed by atoms with van der Waals surface area (Å²) in [5.74, 6) is 0.256. The molecule has 2 fully saturated rings. The zero-order valence-corrected chi connectivity index (χ0v) is 11.5. The molecule has 0 aromatic heterocycles. The molecule has 3 N–H and O–H groups in total. The highest BCUT2D eigenvalue weighted by Crippen LogP contribution is 2.26. The van der Waals surface area contributed by atoms with Gasteiger partial charge in [-0.05, 0) is 32.1 Å². The second-order valence-corrected chi connectivity index (χ2v) is 5.78. The third kappa shape index (κ3) is 3.65. The number of hydrogen-bond donors (Lipinski definition) is 2. The third-order valence-corrected chi connectivity index (χ3v) is 4.22. The number of carbonyl (C=O) groups excluding carboxylic acids is 1. The third-order valence-electron chi connectivity index (χ3n) is 3.91. The Morgan fingerprint density at radius 1 is 1.28 bits per heavy atom. The number of ether oxygens (including phenoxy) is 1. The number of rotatable bonds is 4. The van der Waals surface area contributed by atoms with Gasteiger partial charge in [0.2, 0.25) is 5.91 Å². The van der Waals surface area contributed by atoms with Crippen LogP contribution in [0.5, 0.6) is 0 Å². The molecule has 1 amide bonds. The number of nitrogens with one attached hydrogen (secondary N) is 1. The first-order chi connectivity index (χ1) is 8.66. The molecule has 1 heterocycles. The maximum Gasteiger partial charge on any atom is 0.222 e. The maximum atomic E-state index is 12.0. The first-order valence-electron chi connectivity index (χ1n) is 6.87. The topological polar surface area (TPSA) is 64.3 Å². The summed E-state index contributed by atoms with van der Waals surface area (Å²) in [4.78, 5) is 12.5. The molecule has 0 spiro atoms. The number of hydrogen-bond acceptors (Lipinski definition) is 3. The van der Waals surface area contributed by atoms with E-state index in [1.807, 2.05) is 0 Å². The molecule has 1 saturated heterocycles. The lowest BCUT2D eigenvalue weighted by atomic mass is 10.0. The average Bonchev–Trinajstić information content (AvgIpc) is 2.78. The minimum Gasteiger partial charge on any atom is -0.393 e. The fraction of sp³-hybridized carbons (Fsp3) is 0.846. The second-order valence-electron chi connectivity index (χ2n) is 5.31. The van der Waals surface area contributed by atoms with Gasteiger partial charge < -0.3 is 15.8 Å². The molecule has 3 unspecified atom stereocenters. The zero-order chi connectivity index (χ0) is 13.0. The lowest BCUT2D eigenvalue weighted by Crippen LogP contribution is -2.43. The molecule has 5 heteroatoms. The molecule has 0 aromatic carbocycles. The summed E-state index contributed by atoms with van der Waals surface area (Å²) >= 11 is 5.05. The van der Waals surface area contributed by atoms with Crippen LogP contribution in [0.2, 0.25) is 0 Å². The van der Waals surface area contributed by atoms with Crippen LogP contribution in [0, 0.1) is 5.92 Å². The summed E-state index contributed by atoms with van der Waals surface area (Å²) < 4.78 is 5.58. The highest BCUT2D eigenvalue weighted by atomic mass is 32.1. The Morgan fingerprint density at radius 3 is 2.78 bits per heavy atom. The summed E-state index contributed by atoms with van der Waals surface area (Å²) in [6.07, 6.45) is 6.92. The smallest absolute Gasteiger partial charge is 0.222 e. The van der Waals surface area contributed by atoms with Crippen LogP contribution in [0.1, 0.15) is 44.9 Å². The molecule has 0 bridgehead atoms. The molecule has 102 valence electrons. The Hall–Kier alpha value is -0.680. The van der Waals surface area contributed by atoms with Gasteiger partial charge in [-0.1, -0.05) is 18.6 Å². The maximum absolute atomic E-state index is 12.0. The van der Waals surface area contributed by atoms with Crippen LogP contribution in [-0.2, 0) is 9.53 Å². The van der Waals surface area contributed by atoms with E-state index in [4.69, 9.17) is 22.7 Å². The van der Waals surface area contributed by atoms with Crippen molar-refractivity contribution in [2.75, 3.05) is 6.61 Å². The first-order valence-corrected chi connectivity index (χ1v) is 7.28. The molecule has 1 saturated carbocycles. The summed E-state index contributed by atoms with van der Waals surface area (Å²) in [5.41, 5.74) is 5.70. The molecule has 1 aliphatic carbocycles. The van der Waals surface area contributed by atoms with Crippen LogP contribution in [0.3, 0.4) is 0 Å². The summed E-state index contributed by atoms with van der Waals surface area (Å²) in [6, 6.07) is 0.138. The number of amides is 1. The predicted octanol–water partition coefficient (Wildman–Crippen LogP) is 1.52. The first kappa shape index (κ1) is 13.7. The fourth-order valence-corrected chi connectivity index (χ4v) is 3.20. The van der Waals surface area contributed by atoms with E-state index in [0.29, 0.717) is 11.4 Å². The Morgan fingerprint density at radius 2 is 2.11 bits per heavy atom. The van der Waals surface area contributed by atoms with E-state index in [9.17, 15) is 4.79 Å². The van der Waals surface area contributed by atoms with Crippen LogP contribution in [0.4, 0.5) is 0 Å². The Labute approximate surface area is 114 Å². The van der Waals surface area contributed by atoms with Gasteiger partial charge in [0, 0.05) is 18.6 Å². The summed E-state index contributed by atoms with van der Waals surface area (Å²) in [6.45, 7) is 0.789. The van der Waals surface area contributed by atoms with E-state index in [0.717, 1.165) is 45.1 Å². The highest BCUT2D eigenvalue weighted by molar-refractivity contribution is 7.80. The van der Waals surface area contributed by atoms with Crippen molar-refractivity contribution in [1.82, 2.24) is 5.32 Å². The predicted molar refractivity (Wildman–Crippen MR) is 74.3 cm³/mol. The van der Waals surface area contributed by atoms with E-state index in [1.165, 1.54) is 0 Å². The van der Waals surface area contributed by atoms with Crippen molar-refractivity contribution in [3.63, 3.8) is 0 Å². The number of carbonyl (C=O) groups is 1. The van der Waals surface area contributed by atoms with Crippen LogP contribution in [0.25, 0.3) is 0 Å². The molecule has 0 radical (unpaired) electrons. The lowest BCUT2D eigenvalue weighted by molar-refractivity contribution is -0.125. The van der Waals surface area contributed by atoms with Gasteiger partial charge in [0.05, 0.1) is 17.5 Å². The van der Waals surface area contributed by atoms with Gasteiger partial charge in [0.25, 0.3) is 0 Å². The van der Waals surface area contributed by atoms with Crippen molar-refractivity contribution in [2.45, 2.75) is 57.1 Å². The molecule has 1 aliphatic heterocycles. The number of nitrogens with two attached hydrogens (primary N) is 1. The van der Waals surface area contributed by atoms with Crippen molar-refractivity contribution in [2.24, 2.45) is 11.7 Å². The standard InChI is InChI=1S/C13H22N2O2S/c14-13(18)10-5-3-6-11(10)15-12(16)8-9-4-1-2-7-17-9/h9-11H,1-8H2,(H2,14,18)(H,15,16). The monoisotopic (exact) mass is 270 g/mol. The zero-order valence-electron chi connectivity index (χ0n) is 10.7. The van der Waals surface area contributed by atoms with Gasteiger partial charge in [-0.3, -0.25) is 4.79 Å². The van der Waals surface area contributed by atoms with Crippen LogP contribution in [-0.4, -0.2) is 29.6 Å². The van der Waals surface area contributed by atoms with E-state index in [2.05, 4.69) is 5.32 Å². The highest BCUT2D eigenvalue weighted by Gasteiger charge is 2.31. The van der Waals surface area contributed by atoms with E-state index >= 15 is 0 Å². The van der Waals surface area contributed by atoms with Gasteiger partial charge >= 0.3 is 0 Å². The molecule has 2 rings (SSSR count). The van der Waals surface area contributed by atoms with Crippen molar-refractivity contribution >= 4 is 23.1 Å². The summed E-state index contributed by atoms with van der Waals surface area (Å²) in [5, 5.41) is 3.07. The molecule has 0 aromatic rings. The SMILES string of the molecule is NC(=S)C1CCCC1NC(=O)CC1CCCCO1. The van der Waals surface area contributed by atoms with Gasteiger partial charge in [-0.25, -0.2) is 0 Å². The fourth-order valence-electron chi connectivity index (χ4n) is 2.91. The second kappa shape index (κ2) is 6.48. The Bertz CT molecular complexity index is 316. The van der Waals surface area contributed by atoms with Gasteiger partial charge in [-0.2, -0.15) is 0 Å². The average molecular weight is 270 g/mol. The largest absolute Gasteiger partial charge is 0.393 e. The molecular weight excluding hydrogens is 248 g/mol. The quantitative estimate of drug-likeness (QED) is 0.760. The molecule has 4 nitrogen and oxygen atoms in total. The van der Waals surface area contributed by atoms with Gasteiger partial charge in [0.15, 0.2) is 0 Å². The Kier molecular flexibility index (Phi) is 4.95. The van der Waals surface area contributed by atoms with E-state index < -0.39 is 0 Å². The number of thiocarbonyl (C=S) groups is 1. The summed E-state index contributed by atoms with van der Waals surface area (Å²) in [7, 11) is 0. The minimum atomic E-state index is 0.0788. The van der Waals surface area contributed by atoms with Crippen molar-refractivity contribution < 1.29 is 9.53 Å². The van der Waals surface area contributed by atoms with Crippen LogP contribution >= 0.6 is 12.2 Å². The van der Waals surface area contributed by atoms with Gasteiger partial charge in [-0.15, -0.1) is 0 Å². The van der Waals surface area contributed by atoms with Gasteiger partial charge in [0.1, 0.15) is 0 Å². The van der Waals surface area contributed by atoms with Crippen molar-refractivity contribution in [1.29, 1.82) is 0 Å². The van der Waals surface area contributed by atoms with E-state index in [-0.39, 0.29) is 24.0 Å². The molecule has 18 heavy (non-hydrogen) atoms. The van der Waals surface area contributed by atoms with Crippen molar-refractivity contribution in [3.05, 3.63) is 0 Å². The Balaban J connectivity index is 1.77. The molecule has 3 atom stereocenters. The van der Waals surface area contributed by atoms with Crippen molar-refractivity contribution in [3.8, 4) is 0 Å². The molecule has 2 aliphatic rings. The lowest BCUT2D eigenvalue weighted by Gasteiger charge is -2.24. The normalized spacial score (nSPS) is 32.1. The van der Waals surface area contributed by atoms with Crippen LogP contribution < -0.4 is 11.1 Å². The van der Waals surface area contributed by atoms with Crippen LogP contribution in [0.15, 0.2) is 0 Å². The van der Waals surface area contributed by atoms with E-state index in [1.54, 1.807) is 0 Å².